The lowest BCUT2D eigenvalue weighted by molar-refractivity contribution is -0.119. The molecule has 0 radical (unpaired) electrons. The first-order chi connectivity index (χ1) is 16.0. The maximum atomic E-state index is 12.9. The summed E-state index contributed by atoms with van der Waals surface area (Å²) in [6, 6.07) is 6.63. The highest BCUT2D eigenvalue weighted by molar-refractivity contribution is 5.83. The van der Waals surface area contributed by atoms with Crippen LogP contribution >= 0.6 is 0 Å². The van der Waals surface area contributed by atoms with E-state index in [1.165, 1.54) is 13.0 Å². The zero-order chi connectivity index (χ0) is 23.5. The average molecular weight is 456 g/mol. The molecular formula is C25H29NO7. The molecule has 0 aromatic heterocycles. The van der Waals surface area contributed by atoms with Gasteiger partial charge in [-0.1, -0.05) is 0 Å². The summed E-state index contributed by atoms with van der Waals surface area (Å²) in [5.41, 5.74) is 3.10. The lowest BCUT2D eigenvalue weighted by atomic mass is 9.95. The first kappa shape index (κ1) is 22.9. The average Bonchev–Trinajstić information content (AvgIpc) is 3.21. The molecule has 1 fully saturated rings. The molecule has 0 unspecified atom stereocenters. The number of amides is 1. The predicted molar refractivity (Wildman–Crippen MR) is 123 cm³/mol. The summed E-state index contributed by atoms with van der Waals surface area (Å²) in [6.45, 7) is 2.54. The van der Waals surface area contributed by atoms with Crippen molar-refractivity contribution < 1.29 is 28.5 Å². The quantitative estimate of drug-likeness (QED) is 0.716. The molecule has 2 aromatic rings. The van der Waals surface area contributed by atoms with Gasteiger partial charge in [-0.15, -0.1) is 0 Å². The number of aryl methyl sites for hydroxylation is 1. The topological polar surface area (TPSA) is 92.3 Å². The Morgan fingerprint density at radius 2 is 1.82 bits per heavy atom. The fraction of sp³-hybridized carbons (Fsp3) is 0.440. The summed E-state index contributed by atoms with van der Waals surface area (Å²) >= 11 is 0. The van der Waals surface area contributed by atoms with Gasteiger partial charge in [0.1, 0.15) is 6.10 Å². The summed E-state index contributed by atoms with van der Waals surface area (Å²) in [5, 5.41) is 3.04. The summed E-state index contributed by atoms with van der Waals surface area (Å²) in [6.07, 6.45) is 1.84. The molecule has 0 bridgehead atoms. The van der Waals surface area contributed by atoms with Crippen LogP contribution in [0.1, 0.15) is 36.9 Å². The van der Waals surface area contributed by atoms with Crippen molar-refractivity contribution in [2.75, 3.05) is 34.5 Å². The van der Waals surface area contributed by atoms with Crippen molar-refractivity contribution in [3.05, 3.63) is 45.6 Å². The largest absolute Gasteiger partial charge is 0.493 e. The van der Waals surface area contributed by atoms with Crippen LogP contribution in [0.15, 0.2) is 29.1 Å². The lowest BCUT2D eigenvalue weighted by Gasteiger charge is -2.20. The van der Waals surface area contributed by atoms with Gasteiger partial charge in [-0.2, -0.15) is 0 Å². The molecule has 8 heteroatoms. The Morgan fingerprint density at radius 1 is 1.03 bits per heavy atom. The molecule has 0 saturated carbocycles. The van der Waals surface area contributed by atoms with Crippen molar-refractivity contribution in [2.45, 2.75) is 38.3 Å². The van der Waals surface area contributed by atoms with Gasteiger partial charge in [-0.3, -0.25) is 9.59 Å². The van der Waals surface area contributed by atoms with Crippen molar-refractivity contribution in [3.63, 3.8) is 0 Å². The fourth-order valence-electron chi connectivity index (χ4n) is 4.57. The third kappa shape index (κ3) is 4.48. The number of benzene rings is 1. The Bertz CT molecular complexity index is 1110. The second kappa shape index (κ2) is 9.70. The van der Waals surface area contributed by atoms with Gasteiger partial charge < -0.3 is 29.0 Å². The van der Waals surface area contributed by atoms with E-state index in [2.05, 4.69) is 5.32 Å². The zero-order valence-corrected chi connectivity index (χ0v) is 19.4. The molecule has 1 aliphatic heterocycles. The summed E-state index contributed by atoms with van der Waals surface area (Å²) in [4.78, 5) is 25.0. The van der Waals surface area contributed by atoms with E-state index in [9.17, 15) is 9.59 Å². The fourth-order valence-corrected chi connectivity index (χ4v) is 4.57. The highest BCUT2D eigenvalue weighted by Crippen LogP contribution is 2.50. The lowest BCUT2D eigenvalue weighted by Crippen LogP contribution is -2.26. The standard InChI is InChI=1S/C25H29NO7/c1-14(27)26-19-7-5-15-11-22(29-2)24(30-3)25(31-4)23(15)17-6-8-20(28)21(12-18(17)19)33-16-9-10-32-13-16/h6,8,11-12,16,19H,5,7,9-10,13H2,1-4H3,(H,26,27)/t16-,19+/m1/s1. The van der Waals surface area contributed by atoms with Crippen LogP contribution < -0.4 is 29.7 Å². The van der Waals surface area contributed by atoms with Crippen LogP contribution in [0, 0.1) is 0 Å². The van der Waals surface area contributed by atoms with Crippen LogP contribution in [0.2, 0.25) is 0 Å². The molecule has 1 amide bonds. The Kier molecular flexibility index (Phi) is 6.74. The monoisotopic (exact) mass is 455 g/mol. The van der Waals surface area contributed by atoms with Crippen molar-refractivity contribution in [1.82, 2.24) is 5.32 Å². The molecule has 8 nitrogen and oxygen atoms in total. The van der Waals surface area contributed by atoms with Gasteiger partial charge in [0.25, 0.3) is 0 Å². The minimum Gasteiger partial charge on any atom is -0.493 e. The molecule has 1 N–H and O–H groups in total. The smallest absolute Gasteiger partial charge is 0.220 e. The summed E-state index contributed by atoms with van der Waals surface area (Å²) in [5.74, 6) is 1.63. The first-order valence-electron chi connectivity index (χ1n) is 11.0. The van der Waals surface area contributed by atoms with E-state index >= 15 is 0 Å². The SMILES string of the molecule is COc1cc2c(c(OC)c1OC)-c1ccc(=O)c(O[C@@H]3CCOC3)cc1[C@@H](NC(C)=O)CC2. The molecule has 2 atom stereocenters. The van der Waals surface area contributed by atoms with Crippen molar-refractivity contribution in [2.24, 2.45) is 0 Å². The number of hydrogen-bond donors (Lipinski definition) is 1. The van der Waals surface area contributed by atoms with E-state index in [0.717, 1.165) is 28.7 Å². The number of carbonyl (C=O) groups is 1. The van der Waals surface area contributed by atoms with Gasteiger partial charge in [-0.25, -0.2) is 0 Å². The van der Waals surface area contributed by atoms with E-state index in [4.69, 9.17) is 23.7 Å². The van der Waals surface area contributed by atoms with Crippen molar-refractivity contribution in [3.8, 4) is 34.1 Å². The molecule has 1 aliphatic carbocycles. The van der Waals surface area contributed by atoms with Crippen LogP contribution in [0.25, 0.3) is 11.1 Å². The Labute approximate surface area is 192 Å². The number of nitrogens with one attached hydrogen (secondary N) is 1. The molecule has 176 valence electrons. The molecule has 1 saturated heterocycles. The number of ether oxygens (including phenoxy) is 5. The number of fused-ring (bicyclic) bond motifs is 3. The molecule has 4 rings (SSSR count). The van der Waals surface area contributed by atoms with Crippen molar-refractivity contribution in [1.29, 1.82) is 0 Å². The van der Waals surface area contributed by atoms with Gasteiger partial charge in [0.2, 0.25) is 17.1 Å². The first-order valence-corrected chi connectivity index (χ1v) is 11.0. The molecule has 0 spiro atoms. The van der Waals surface area contributed by atoms with Crippen LogP contribution in [-0.4, -0.2) is 46.6 Å². The van der Waals surface area contributed by atoms with Crippen molar-refractivity contribution >= 4 is 5.91 Å². The summed E-state index contributed by atoms with van der Waals surface area (Å²) in [7, 11) is 4.71. The zero-order valence-electron chi connectivity index (χ0n) is 19.4. The van der Waals surface area contributed by atoms with E-state index < -0.39 is 0 Å². The summed E-state index contributed by atoms with van der Waals surface area (Å²) < 4.78 is 28.4. The third-order valence-corrected chi connectivity index (χ3v) is 6.06. The minimum atomic E-state index is -0.319. The van der Waals surface area contributed by atoms with Crippen LogP contribution in [0.4, 0.5) is 0 Å². The highest BCUT2D eigenvalue weighted by atomic mass is 16.5. The molecular weight excluding hydrogens is 426 g/mol. The van der Waals surface area contributed by atoms with Crippen LogP contribution in [-0.2, 0) is 16.0 Å². The minimum absolute atomic E-state index is 0.153. The number of carbonyl (C=O) groups excluding carboxylic acids is 1. The van der Waals surface area contributed by atoms with E-state index in [0.29, 0.717) is 43.3 Å². The number of methoxy groups -OCH3 is 3. The Morgan fingerprint density at radius 3 is 2.45 bits per heavy atom. The van der Waals surface area contributed by atoms with E-state index in [-0.39, 0.29) is 29.2 Å². The molecule has 33 heavy (non-hydrogen) atoms. The molecule has 2 aliphatic rings. The Hall–Kier alpha value is -3.26. The predicted octanol–water partition coefficient (Wildman–Crippen LogP) is 3.03. The van der Waals surface area contributed by atoms with Crippen LogP contribution in [0.3, 0.4) is 0 Å². The normalized spacial score (nSPS) is 19.0. The second-order valence-electron chi connectivity index (χ2n) is 8.15. The van der Waals surface area contributed by atoms with Crippen LogP contribution in [0.5, 0.6) is 23.0 Å². The maximum Gasteiger partial charge on any atom is 0.220 e. The van der Waals surface area contributed by atoms with Gasteiger partial charge in [0, 0.05) is 18.9 Å². The van der Waals surface area contributed by atoms with E-state index in [1.54, 1.807) is 33.5 Å². The number of hydrogen-bond acceptors (Lipinski definition) is 7. The van der Waals surface area contributed by atoms with E-state index in [1.807, 2.05) is 6.07 Å². The number of rotatable bonds is 6. The van der Waals surface area contributed by atoms with Gasteiger partial charge in [0.15, 0.2) is 17.2 Å². The van der Waals surface area contributed by atoms with Gasteiger partial charge >= 0.3 is 0 Å². The second-order valence-corrected chi connectivity index (χ2v) is 8.15. The Balaban J connectivity index is 1.97. The molecule has 1 heterocycles. The van der Waals surface area contributed by atoms with Gasteiger partial charge in [-0.05, 0) is 53.8 Å². The highest BCUT2D eigenvalue weighted by Gasteiger charge is 2.30. The maximum absolute atomic E-state index is 12.9. The molecule has 2 aromatic carbocycles. The van der Waals surface area contributed by atoms with Gasteiger partial charge in [0.05, 0.1) is 40.6 Å². The third-order valence-electron chi connectivity index (χ3n) is 6.06.